The number of likely N-dealkylation sites (tertiary alicyclic amines) is 1. The topological polar surface area (TPSA) is 57.9 Å². The number of nitrogens with zero attached hydrogens (tertiary/aromatic N) is 4. The second-order valence-electron chi connectivity index (χ2n) is 8.51. The fraction of sp³-hybridized carbons (Fsp3) is 0.409. The van der Waals surface area contributed by atoms with Crippen LogP contribution in [-0.2, 0) is 16.6 Å². The largest absolute Gasteiger partial charge is 0.307 e. The molecule has 0 N–H and O–H groups in total. The van der Waals surface area contributed by atoms with E-state index in [1.807, 2.05) is 24.3 Å². The van der Waals surface area contributed by atoms with Crippen molar-refractivity contribution in [3.63, 3.8) is 0 Å². The summed E-state index contributed by atoms with van der Waals surface area (Å²) in [4.78, 5) is 7.19. The predicted molar refractivity (Wildman–Crippen MR) is 113 cm³/mol. The summed E-state index contributed by atoms with van der Waals surface area (Å²) >= 11 is 0. The summed E-state index contributed by atoms with van der Waals surface area (Å²) in [6.45, 7) is 5.28. The SMILES string of the molecule is Cc1ccc2nc(CN3C[C@@H]4CN(S(C)(=O)=O)[C@@H](c5ccccc5)[C@@H]4C3)cn2c1. The summed E-state index contributed by atoms with van der Waals surface area (Å²) in [5.74, 6) is 0.667. The number of benzene rings is 1. The zero-order valence-corrected chi connectivity index (χ0v) is 17.6. The molecule has 0 saturated carbocycles. The van der Waals surface area contributed by atoms with Gasteiger partial charge in [0.05, 0.1) is 18.0 Å². The van der Waals surface area contributed by atoms with Gasteiger partial charge in [0.2, 0.25) is 10.0 Å². The maximum absolute atomic E-state index is 12.4. The zero-order valence-electron chi connectivity index (χ0n) is 16.8. The van der Waals surface area contributed by atoms with E-state index in [1.165, 1.54) is 11.8 Å². The minimum atomic E-state index is -3.24. The van der Waals surface area contributed by atoms with E-state index in [1.54, 1.807) is 4.31 Å². The second kappa shape index (κ2) is 6.93. The molecule has 0 amide bonds. The van der Waals surface area contributed by atoms with Crippen molar-refractivity contribution in [2.24, 2.45) is 11.8 Å². The van der Waals surface area contributed by atoms with Gasteiger partial charge in [0, 0.05) is 38.6 Å². The highest BCUT2D eigenvalue weighted by Crippen LogP contribution is 2.46. The summed E-state index contributed by atoms with van der Waals surface area (Å²) in [5, 5.41) is 0. The number of sulfonamides is 1. The lowest BCUT2D eigenvalue weighted by atomic mass is 9.90. The number of pyridine rings is 1. The molecule has 3 aromatic rings. The smallest absolute Gasteiger partial charge is 0.211 e. The van der Waals surface area contributed by atoms with Crippen molar-refractivity contribution in [1.29, 1.82) is 0 Å². The number of hydrogen-bond donors (Lipinski definition) is 0. The molecule has 0 unspecified atom stereocenters. The van der Waals surface area contributed by atoms with Crippen molar-refractivity contribution in [3.05, 3.63) is 71.7 Å². The first-order valence-electron chi connectivity index (χ1n) is 10.1. The number of fused-ring (bicyclic) bond motifs is 2. The fourth-order valence-corrected chi connectivity index (χ4v) is 6.25. The van der Waals surface area contributed by atoms with Gasteiger partial charge in [0.25, 0.3) is 0 Å². The van der Waals surface area contributed by atoms with Crippen LogP contribution in [-0.4, -0.2) is 52.9 Å². The minimum Gasteiger partial charge on any atom is -0.307 e. The van der Waals surface area contributed by atoms with Gasteiger partial charge in [-0.1, -0.05) is 36.4 Å². The maximum atomic E-state index is 12.4. The average Bonchev–Trinajstić information content (AvgIpc) is 3.33. The number of imidazole rings is 1. The van der Waals surface area contributed by atoms with Crippen LogP contribution in [0.3, 0.4) is 0 Å². The monoisotopic (exact) mass is 410 g/mol. The molecule has 152 valence electrons. The average molecular weight is 411 g/mol. The summed E-state index contributed by atoms with van der Waals surface area (Å²) in [5.41, 5.74) is 4.33. The Balaban J connectivity index is 1.38. The van der Waals surface area contributed by atoms with E-state index < -0.39 is 10.0 Å². The van der Waals surface area contributed by atoms with Crippen LogP contribution in [0.1, 0.15) is 22.9 Å². The van der Waals surface area contributed by atoms with Crippen LogP contribution in [0.15, 0.2) is 54.9 Å². The lowest BCUT2D eigenvalue weighted by Gasteiger charge is -2.28. The van der Waals surface area contributed by atoms with Crippen molar-refractivity contribution in [2.75, 3.05) is 25.9 Å². The summed E-state index contributed by atoms with van der Waals surface area (Å²) in [7, 11) is -3.24. The molecule has 4 heterocycles. The molecule has 0 radical (unpaired) electrons. The van der Waals surface area contributed by atoms with Crippen LogP contribution in [0, 0.1) is 18.8 Å². The molecule has 2 fully saturated rings. The zero-order chi connectivity index (χ0) is 20.2. The highest BCUT2D eigenvalue weighted by molar-refractivity contribution is 7.88. The molecule has 6 nitrogen and oxygen atoms in total. The first kappa shape index (κ1) is 18.8. The Morgan fingerprint density at radius 2 is 1.83 bits per heavy atom. The normalized spacial score (nSPS) is 25.7. The van der Waals surface area contributed by atoms with E-state index >= 15 is 0 Å². The standard InChI is InChI=1S/C22H26N4O2S/c1-16-8-9-21-23-19(14-25(21)10-16)13-24-11-18-12-26(29(2,27)28)22(20(18)15-24)17-6-4-3-5-7-17/h3-10,14,18,20,22H,11-13,15H2,1-2H3/t18-,20-,22+/m1/s1. The van der Waals surface area contributed by atoms with E-state index in [0.717, 1.165) is 36.5 Å². The number of aromatic nitrogens is 2. The molecule has 2 saturated heterocycles. The highest BCUT2D eigenvalue weighted by Gasteiger charge is 2.50. The van der Waals surface area contributed by atoms with Crippen molar-refractivity contribution in [2.45, 2.75) is 19.5 Å². The molecule has 0 aliphatic carbocycles. The first-order valence-corrected chi connectivity index (χ1v) is 11.9. The molecular weight excluding hydrogens is 384 g/mol. The molecular formula is C22H26N4O2S. The molecule has 0 spiro atoms. The lowest BCUT2D eigenvalue weighted by molar-refractivity contribution is 0.259. The third kappa shape index (κ3) is 3.47. The highest BCUT2D eigenvalue weighted by atomic mass is 32.2. The molecule has 3 atom stereocenters. The number of rotatable bonds is 4. The Bertz CT molecular complexity index is 1140. The Morgan fingerprint density at radius 1 is 1.03 bits per heavy atom. The van der Waals surface area contributed by atoms with Gasteiger partial charge >= 0.3 is 0 Å². The summed E-state index contributed by atoms with van der Waals surface area (Å²) in [6, 6.07) is 14.1. The number of hydrogen-bond acceptors (Lipinski definition) is 4. The fourth-order valence-electron chi connectivity index (χ4n) is 5.09. The van der Waals surface area contributed by atoms with Gasteiger partial charge in [-0.05, 0) is 36.0 Å². The van der Waals surface area contributed by atoms with Crippen LogP contribution in [0.5, 0.6) is 0 Å². The Morgan fingerprint density at radius 3 is 2.59 bits per heavy atom. The first-order chi connectivity index (χ1) is 13.9. The minimum absolute atomic E-state index is 0.0788. The van der Waals surface area contributed by atoms with Gasteiger partial charge in [-0.2, -0.15) is 4.31 Å². The molecule has 1 aromatic carbocycles. The van der Waals surface area contributed by atoms with E-state index in [-0.39, 0.29) is 6.04 Å². The van der Waals surface area contributed by atoms with Crippen LogP contribution >= 0.6 is 0 Å². The van der Waals surface area contributed by atoms with Crippen molar-refractivity contribution < 1.29 is 8.42 Å². The Labute approximate surface area is 171 Å². The van der Waals surface area contributed by atoms with Crippen molar-refractivity contribution in [1.82, 2.24) is 18.6 Å². The van der Waals surface area contributed by atoms with Gasteiger partial charge in [-0.15, -0.1) is 0 Å². The van der Waals surface area contributed by atoms with E-state index in [2.05, 4.69) is 46.8 Å². The van der Waals surface area contributed by atoms with Gasteiger partial charge < -0.3 is 4.40 Å². The number of aryl methyl sites for hydroxylation is 1. The van der Waals surface area contributed by atoms with Crippen molar-refractivity contribution in [3.8, 4) is 0 Å². The predicted octanol–water partition coefficient (Wildman–Crippen LogP) is 2.71. The van der Waals surface area contributed by atoms with Crippen LogP contribution in [0.2, 0.25) is 0 Å². The molecule has 0 bridgehead atoms. The Hall–Kier alpha value is -2.22. The lowest BCUT2D eigenvalue weighted by Crippen LogP contribution is -2.35. The third-order valence-corrected chi connectivity index (χ3v) is 7.53. The molecule has 29 heavy (non-hydrogen) atoms. The van der Waals surface area contributed by atoms with E-state index in [0.29, 0.717) is 18.4 Å². The molecule has 2 aromatic heterocycles. The molecule has 2 aliphatic heterocycles. The van der Waals surface area contributed by atoms with Gasteiger partial charge in [-0.3, -0.25) is 4.90 Å². The third-order valence-electron chi connectivity index (χ3n) is 6.30. The summed E-state index contributed by atoms with van der Waals surface area (Å²) < 4.78 is 28.7. The van der Waals surface area contributed by atoms with Crippen LogP contribution in [0.25, 0.3) is 5.65 Å². The Kier molecular flexibility index (Phi) is 4.49. The second-order valence-corrected chi connectivity index (χ2v) is 10.4. The van der Waals surface area contributed by atoms with Crippen molar-refractivity contribution >= 4 is 15.7 Å². The van der Waals surface area contributed by atoms with Crippen LogP contribution < -0.4 is 0 Å². The van der Waals surface area contributed by atoms with E-state index in [4.69, 9.17) is 4.98 Å². The molecule has 2 aliphatic rings. The van der Waals surface area contributed by atoms with Crippen LogP contribution in [0.4, 0.5) is 0 Å². The molecule has 5 rings (SSSR count). The van der Waals surface area contributed by atoms with Gasteiger partial charge in [-0.25, -0.2) is 13.4 Å². The van der Waals surface area contributed by atoms with Gasteiger partial charge in [0.15, 0.2) is 0 Å². The van der Waals surface area contributed by atoms with E-state index in [9.17, 15) is 8.42 Å². The summed E-state index contributed by atoms with van der Waals surface area (Å²) in [6.07, 6.45) is 5.54. The molecule has 7 heteroatoms. The maximum Gasteiger partial charge on any atom is 0.211 e. The van der Waals surface area contributed by atoms with Gasteiger partial charge in [0.1, 0.15) is 5.65 Å². The quantitative estimate of drug-likeness (QED) is 0.664.